The summed E-state index contributed by atoms with van der Waals surface area (Å²) in [5.74, 6) is 0.384. The van der Waals surface area contributed by atoms with Crippen LogP contribution in [0.15, 0.2) is 17.2 Å². The number of ether oxygens (including phenoxy) is 1. The summed E-state index contributed by atoms with van der Waals surface area (Å²) in [5.41, 5.74) is -0.110. The number of anilines is 1. The highest BCUT2D eigenvalue weighted by molar-refractivity contribution is 5.81. The molecular formula is C16H25N5O3. The molecule has 3 rings (SSSR count). The van der Waals surface area contributed by atoms with Crippen LogP contribution in [0, 0.1) is 0 Å². The highest BCUT2D eigenvalue weighted by Gasteiger charge is 2.29. The number of nitrogens with one attached hydrogen (secondary N) is 1. The van der Waals surface area contributed by atoms with Gasteiger partial charge in [0, 0.05) is 51.7 Å². The number of hydrogen-bond donors (Lipinski definition) is 1. The number of likely N-dealkylation sites (N-methyl/N-ethyl adjacent to an activating group) is 1. The molecule has 8 heteroatoms. The fourth-order valence-electron chi connectivity index (χ4n) is 3.22. The molecule has 0 unspecified atom stereocenters. The van der Waals surface area contributed by atoms with Gasteiger partial charge in [-0.3, -0.25) is 9.59 Å². The molecule has 1 aromatic rings. The van der Waals surface area contributed by atoms with Gasteiger partial charge in [0.2, 0.25) is 0 Å². The van der Waals surface area contributed by atoms with Crippen LogP contribution in [0.3, 0.4) is 0 Å². The zero-order valence-corrected chi connectivity index (χ0v) is 14.3. The van der Waals surface area contributed by atoms with Gasteiger partial charge in [0.05, 0.1) is 6.61 Å². The van der Waals surface area contributed by atoms with Crippen LogP contribution >= 0.6 is 0 Å². The van der Waals surface area contributed by atoms with Gasteiger partial charge in [-0.05, 0) is 19.9 Å². The second kappa shape index (κ2) is 7.31. The molecule has 1 aromatic heterocycles. The molecule has 0 spiro atoms. The summed E-state index contributed by atoms with van der Waals surface area (Å²) in [4.78, 5) is 32.9. The SMILES string of the molecule is CN1CCO[C@@H](C(=O)N[C@H]2CCCN(c3nccn(C)c3=O)C2)C1. The third-order valence-electron chi connectivity index (χ3n) is 4.63. The number of aromatic nitrogens is 2. The molecular weight excluding hydrogens is 310 g/mol. The Morgan fingerprint density at radius 3 is 2.96 bits per heavy atom. The van der Waals surface area contributed by atoms with Crippen molar-refractivity contribution in [3.05, 3.63) is 22.7 Å². The van der Waals surface area contributed by atoms with Gasteiger partial charge in [0.1, 0.15) is 6.10 Å². The fourth-order valence-corrected chi connectivity index (χ4v) is 3.22. The Labute approximate surface area is 141 Å². The van der Waals surface area contributed by atoms with Crippen LogP contribution in [-0.4, -0.2) is 72.3 Å². The van der Waals surface area contributed by atoms with E-state index in [1.807, 2.05) is 11.9 Å². The van der Waals surface area contributed by atoms with Crippen LogP contribution in [0.5, 0.6) is 0 Å². The van der Waals surface area contributed by atoms with Crippen molar-refractivity contribution in [1.82, 2.24) is 19.8 Å². The molecule has 0 radical (unpaired) electrons. The smallest absolute Gasteiger partial charge is 0.293 e. The topological polar surface area (TPSA) is 79.7 Å². The Morgan fingerprint density at radius 1 is 1.33 bits per heavy atom. The highest BCUT2D eigenvalue weighted by atomic mass is 16.5. The second-order valence-corrected chi connectivity index (χ2v) is 6.58. The third kappa shape index (κ3) is 3.76. The number of hydrogen-bond acceptors (Lipinski definition) is 6. The number of amides is 1. The number of aryl methyl sites for hydroxylation is 1. The maximum absolute atomic E-state index is 12.4. The molecule has 2 fully saturated rings. The lowest BCUT2D eigenvalue weighted by Gasteiger charge is -2.35. The third-order valence-corrected chi connectivity index (χ3v) is 4.63. The Bertz CT molecular complexity index is 647. The first kappa shape index (κ1) is 16.9. The predicted octanol–water partition coefficient (Wildman–Crippen LogP) is -0.804. The number of nitrogens with zero attached hydrogens (tertiary/aromatic N) is 4. The minimum Gasteiger partial charge on any atom is -0.366 e. The highest BCUT2D eigenvalue weighted by Crippen LogP contribution is 2.15. The standard InChI is InChI=1S/C16H25N5O3/c1-19-8-9-24-13(11-19)15(22)18-12-4-3-6-21(10-12)14-16(23)20(2)7-5-17-14/h5,7,12-13H,3-4,6,8-11H2,1-2H3,(H,18,22)/t12-,13+/m0/s1. The number of morpholine rings is 1. The van der Waals surface area contributed by atoms with E-state index in [2.05, 4.69) is 15.2 Å². The molecule has 2 saturated heterocycles. The van der Waals surface area contributed by atoms with E-state index >= 15 is 0 Å². The molecule has 24 heavy (non-hydrogen) atoms. The first-order chi connectivity index (χ1) is 11.5. The van der Waals surface area contributed by atoms with E-state index < -0.39 is 6.10 Å². The van der Waals surface area contributed by atoms with E-state index in [1.165, 1.54) is 4.57 Å². The maximum Gasteiger partial charge on any atom is 0.293 e. The maximum atomic E-state index is 12.4. The summed E-state index contributed by atoms with van der Waals surface area (Å²) in [5, 5.41) is 3.07. The van der Waals surface area contributed by atoms with Gasteiger partial charge in [-0.2, -0.15) is 0 Å². The van der Waals surface area contributed by atoms with Crippen LogP contribution in [0.4, 0.5) is 5.82 Å². The fraction of sp³-hybridized carbons (Fsp3) is 0.688. The van der Waals surface area contributed by atoms with E-state index in [4.69, 9.17) is 4.74 Å². The van der Waals surface area contributed by atoms with Gasteiger partial charge in [-0.1, -0.05) is 0 Å². The van der Waals surface area contributed by atoms with Gasteiger partial charge < -0.3 is 24.4 Å². The minimum atomic E-state index is -0.415. The molecule has 0 bridgehead atoms. The van der Waals surface area contributed by atoms with Gasteiger partial charge in [-0.15, -0.1) is 0 Å². The number of carbonyl (C=O) groups is 1. The number of rotatable bonds is 3. The molecule has 1 N–H and O–H groups in total. The largest absolute Gasteiger partial charge is 0.366 e. The van der Waals surface area contributed by atoms with Crippen molar-refractivity contribution < 1.29 is 9.53 Å². The minimum absolute atomic E-state index is 0.00814. The Hall–Kier alpha value is -1.93. The van der Waals surface area contributed by atoms with Crippen LogP contribution in [0.25, 0.3) is 0 Å². The second-order valence-electron chi connectivity index (χ2n) is 6.58. The number of carbonyl (C=O) groups excluding carboxylic acids is 1. The van der Waals surface area contributed by atoms with Crippen molar-refractivity contribution in [2.24, 2.45) is 7.05 Å². The van der Waals surface area contributed by atoms with Crippen molar-refractivity contribution in [2.45, 2.75) is 25.0 Å². The van der Waals surface area contributed by atoms with Crippen molar-refractivity contribution in [2.75, 3.05) is 44.7 Å². The van der Waals surface area contributed by atoms with Crippen molar-refractivity contribution in [3.8, 4) is 0 Å². The zero-order valence-electron chi connectivity index (χ0n) is 14.3. The lowest BCUT2D eigenvalue weighted by Crippen LogP contribution is -2.54. The predicted molar refractivity (Wildman–Crippen MR) is 90.1 cm³/mol. The molecule has 0 saturated carbocycles. The molecule has 2 atom stereocenters. The molecule has 3 heterocycles. The summed E-state index contributed by atoms with van der Waals surface area (Å²) in [6.45, 7) is 3.42. The summed E-state index contributed by atoms with van der Waals surface area (Å²) in [6, 6.07) is 0.00814. The van der Waals surface area contributed by atoms with Crippen molar-refractivity contribution >= 4 is 11.7 Å². The molecule has 2 aliphatic rings. The van der Waals surface area contributed by atoms with E-state index in [0.29, 0.717) is 25.5 Å². The lowest BCUT2D eigenvalue weighted by atomic mass is 10.1. The zero-order chi connectivity index (χ0) is 17.1. The van der Waals surface area contributed by atoms with E-state index in [9.17, 15) is 9.59 Å². The summed E-state index contributed by atoms with van der Waals surface area (Å²) >= 11 is 0. The normalized spacial score (nSPS) is 25.5. The van der Waals surface area contributed by atoms with Gasteiger partial charge in [0.25, 0.3) is 11.5 Å². The molecule has 8 nitrogen and oxygen atoms in total. The first-order valence-corrected chi connectivity index (χ1v) is 8.41. The van der Waals surface area contributed by atoms with Crippen LogP contribution in [0.2, 0.25) is 0 Å². The molecule has 0 aliphatic carbocycles. The summed E-state index contributed by atoms with van der Waals surface area (Å²) < 4.78 is 7.09. The van der Waals surface area contributed by atoms with Gasteiger partial charge in [0.15, 0.2) is 5.82 Å². The van der Waals surface area contributed by atoms with Gasteiger partial charge >= 0.3 is 0 Å². The molecule has 132 valence electrons. The van der Waals surface area contributed by atoms with Crippen LogP contribution in [-0.2, 0) is 16.6 Å². The van der Waals surface area contributed by atoms with Crippen LogP contribution < -0.4 is 15.8 Å². The molecule has 1 amide bonds. The van der Waals surface area contributed by atoms with Crippen molar-refractivity contribution in [3.63, 3.8) is 0 Å². The Kier molecular flexibility index (Phi) is 5.15. The average molecular weight is 335 g/mol. The van der Waals surface area contributed by atoms with Gasteiger partial charge in [-0.25, -0.2) is 4.98 Å². The van der Waals surface area contributed by atoms with E-state index in [-0.39, 0.29) is 17.5 Å². The lowest BCUT2D eigenvalue weighted by molar-refractivity contribution is -0.138. The molecule has 2 aliphatic heterocycles. The monoisotopic (exact) mass is 335 g/mol. The summed E-state index contributed by atoms with van der Waals surface area (Å²) in [6.07, 6.45) is 4.67. The quantitative estimate of drug-likeness (QED) is 0.779. The van der Waals surface area contributed by atoms with E-state index in [0.717, 1.165) is 25.9 Å². The number of piperidine rings is 1. The first-order valence-electron chi connectivity index (χ1n) is 8.41. The Morgan fingerprint density at radius 2 is 2.17 bits per heavy atom. The van der Waals surface area contributed by atoms with E-state index in [1.54, 1.807) is 19.4 Å². The average Bonchev–Trinajstić information content (AvgIpc) is 2.57. The Balaban J connectivity index is 1.62. The molecule has 0 aromatic carbocycles. The summed E-state index contributed by atoms with van der Waals surface area (Å²) in [7, 11) is 3.70. The van der Waals surface area contributed by atoms with Crippen LogP contribution in [0.1, 0.15) is 12.8 Å². The van der Waals surface area contributed by atoms with Crippen molar-refractivity contribution in [1.29, 1.82) is 0 Å².